The molecule has 0 aromatic carbocycles. The van der Waals surface area contributed by atoms with Crippen molar-refractivity contribution in [3.05, 3.63) is 27.1 Å². The standard InChI is InChI=1S/C13H15BrClN3/c1-8-11(9-5-3-2-4-6-9)12(15)18-13(17-8)10(14)7-16-18/h7,9H,2-6H2,1H3. The van der Waals surface area contributed by atoms with Crippen LogP contribution in [0.4, 0.5) is 0 Å². The van der Waals surface area contributed by atoms with Crippen LogP contribution in [0, 0.1) is 6.92 Å². The zero-order valence-corrected chi connectivity index (χ0v) is 12.6. The normalized spacial score (nSPS) is 17.5. The maximum Gasteiger partial charge on any atom is 0.171 e. The van der Waals surface area contributed by atoms with E-state index >= 15 is 0 Å². The minimum atomic E-state index is 0.547. The van der Waals surface area contributed by atoms with E-state index in [1.807, 2.05) is 0 Å². The van der Waals surface area contributed by atoms with Crippen molar-refractivity contribution >= 4 is 33.2 Å². The fourth-order valence-electron chi connectivity index (χ4n) is 2.90. The van der Waals surface area contributed by atoms with Gasteiger partial charge in [-0.15, -0.1) is 0 Å². The number of hydrogen-bond donors (Lipinski definition) is 0. The number of fused-ring (bicyclic) bond motifs is 1. The van der Waals surface area contributed by atoms with Crippen molar-refractivity contribution in [1.82, 2.24) is 14.6 Å². The topological polar surface area (TPSA) is 30.2 Å². The average Bonchev–Trinajstić information content (AvgIpc) is 2.73. The predicted octanol–water partition coefficient (Wildman–Crippen LogP) is 4.50. The second-order valence-electron chi connectivity index (χ2n) is 4.96. The van der Waals surface area contributed by atoms with Crippen molar-refractivity contribution in [2.45, 2.75) is 44.9 Å². The Balaban J connectivity index is 2.16. The van der Waals surface area contributed by atoms with Gasteiger partial charge in [0.05, 0.1) is 10.7 Å². The Kier molecular flexibility index (Phi) is 3.32. The Morgan fingerprint density at radius 3 is 2.78 bits per heavy atom. The highest BCUT2D eigenvalue weighted by Gasteiger charge is 2.23. The monoisotopic (exact) mass is 327 g/mol. The summed E-state index contributed by atoms with van der Waals surface area (Å²) in [5.41, 5.74) is 3.04. The van der Waals surface area contributed by atoms with Gasteiger partial charge in [-0.2, -0.15) is 5.10 Å². The molecule has 5 heteroatoms. The van der Waals surface area contributed by atoms with Crippen LogP contribution in [0.5, 0.6) is 0 Å². The van der Waals surface area contributed by atoms with Gasteiger partial charge in [0.1, 0.15) is 5.15 Å². The highest BCUT2D eigenvalue weighted by atomic mass is 79.9. The fourth-order valence-corrected chi connectivity index (χ4v) is 3.67. The molecule has 0 radical (unpaired) electrons. The van der Waals surface area contributed by atoms with Gasteiger partial charge in [0.15, 0.2) is 5.65 Å². The molecule has 2 aromatic rings. The Hall–Kier alpha value is -0.610. The summed E-state index contributed by atoms with van der Waals surface area (Å²) in [4.78, 5) is 4.64. The SMILES string of the molecule is Cc1nc2c(Br)cnn2c(Cl)c1C1CCCCC1. The second kappa shape index (κ2) is 4.82. The summed E-state index contributed by atoms with van der Waals surface area (Å²) in [7, 11) is 0. The molecule has 0 unspecified atom stereocenters. The van der Waals surface area contributed by atoms with Crippen molar-refractivity contribution < 1.29 is 0 Å². The van der Waals surface area contributed by atoms with Gasteiger partial charge in [0.2, 0.25) is 0 Å². The maximum atomic E-state index is 6.53. The van der Waals surface area contributed by atoms with Crippen LogP contribution >= 0.6 is 27.5 Å². The predicted molar refractivity (Wildman–Crippen MR) is 76.3 cm³/mol. The molecule has 2 aromatic heterocycles. The smallest absolute Gasteiger partial charge is 0.171 e. The number of halogens is 2. The summed E-state index contributed by atoms with van der Waals surface area (Å²) in [5.74, 6) is 0.547. The summed E-state index contributed by atoms with van der Waals surface area (Å²) in [5, 5.41) is 5.02. The molecule has 0 aliphatic heterocycles. The van der Waals surface area contributed by atoms with Crippen molar-refractivity contribution in [3.63, 3.8) is 0 Å². The van der Waals surface area contributed by atoms with Gasteiger partial charge in [-0.3, -0.25) is 0 Å². The summed E-state index contributed by atoms with van der Waals surface area (Å²) in [6.07, 6.45) is 8.11. The molecule has 1 saturated carbocycles. The Bertz CT molecular complexity index is 587. The number of aryl methyl sites for hydroxylation is 1. The van der Waals surface area contributed by atoms with Crippen LogP contribution in [0.25, 0.3) is 5.65 Å². The minimum absolute atomic E-state index is 0.547. The first-order valence-electron chi connectivity index (χ1n) is 6.37. The number of hydrogen-bond acceptors (Lipinski definition) is 2. The van der Waals surface area contributed by atoms with Gasteiger partial charge >= 0.3 is 0 Å². The molecule has 1 aliphatic rings. The number of nitrogens with zero attached hydrogens (tertiary/aromatic N) is 3. The van der Waals surface area contributed by atoms with E-state index in [2.05, 4.69) is 32.9 Å². The minimum Gasteiger partial charge on any atom is -0.232 e. The molecule has 0 atom stereocenters. The summed E-state index contributed by atoms with van der Waals surface area (Å²) >= 11 is 9.98. The lowest BCUT2D eigenvalue weighted by Crippen LogP contribution is -2.11. The summed E-state index contributed by atoms with van der Waals surface area (Å²) in [6, 6.07) is 0. The third kappa shape index (κ3) is 1.95. The van der Waals surface area contributed by atoms with E-state index in [0.717, 1.165) is 21.0 Å². The lowest BCUT2D eigenvalue weighted by molar-refractivity contribution is 0.440. The van der Waals surface area contributed by atoms with Crippen molar-refractivity contribution in [2.24, 2.45) is 0 Å². The van der Waals surface area contributed by atoms with Crippen molar-refractivity contribution in [2.75, 3.05) is 0 Å². The first-order chi connectivity index (χ1) is 8.68. The molecule has 0 amide bonds. The van der Waals surface area contributed by atoms with Crippen LogP contribution in [0.1, 0.15) is 49.3 Å². The first-order valence-corrected chi connectivity index (χ1v) is 7.55. The van der Waals surface area contributed by atoms with E-state index in [1.165, 1.54) is 37.7 Å². The number of aromatic nitrogens is 3. The van der Waals surface area contributed by atoms with Crippen LogP contribution in [0.2, 0.25) is 5.15 Å². The van der Waals surface area contributed by atoms with E-state index < -0.39 is 0 Å². The van der Waals surface area contributed by atoms with Gasteiger partial charge in [-0.25, -0.2) is 9.50 Å². The lowest BCUT2D eigenvalue weighted by Gasteiger charge is -2.24. The molecule has 96 valence electrons. The van der Waals surface area contributed by atoms with E-state index in [4.69, 9.17) is 11.6 Å². The average molecular weight is 329 g/mol. The maximum absolute atomic E-state index is 6.53. The van der Waals surface area contributed by atoms with E-state index in [-0.39, 0.29) is 0 Å². The molecule has 1 aliphatic carbocycles. The van der Waals surface area contributed by atoms with Gasteiger partial charge in [-0.1, -0.05) is 30.9 Å². The van der Waals surface area contributed by atoms with Crippen LogP contribution in [-0.2, 0) is 0 Å². The van der Waals surface area contributed by atoms with E-state index in [1.54, 1.807) is 10.7 Å². The molecule has 18 heavy (non-hydrogen) atoms. The Morgan fingerprint density at radius 2 is 2.06 bits per heavy atom. The lowest BCUT2D eigenvalue weighted by atomic mass is 9.84. The zero-order chi connectivity index (χ0) is 12.7. The molecule has 0 bridgehead atoms. The molecule has 2 heterocycles. The summed E-state index contributed by atoms with van der Waals surface area (Å²) in [6.45, 7) is 2.05. The zero-order valence-electron chi connectivity index (χ0n) is 10.3. The molecule has 3 nitrogen and oxygen atoms in total. The fraction of sp³-hybridized carbons (Fsp3) is 0.538. The highest BCUT2D eigenvalue weighted by molar-refractivity contribution is 9.10. The third-order valence-electron chi connectivity index (χ3n) is 3.79. The van der Waals surface area contributed by atoms with Gasteiger partial charge in [0, 0.05) is 11.3 Å². The van der Waals surface area contributed by atoms with E-state index in [0.29, 0.717) is 5.92 Å². The van der Waals surface area contributed by atoms with Crippen molar-refractivity contribution in [1.29, 1.82) is 0 Å². The van der Waals surface area contributed by atoms with Crippen LogP contribution in [0.3, 0.4) is 0 Å². The molecule has 0 N–H and O–H groups in total. The van der Waals surface area contributed by atoms with Gasteiger partial charge < -0.3 is 0 Å². The molecule has 0 spiro atoms. The Labute approximate surface area is 120 Å². The third-order valence-corrected chi connectivity index (χ3v) is 4.71. The van der Waals surface area contributed by atoms with Crippen LogP contribution < -0.4 is 0 Å². The molecular formula is C13H15BrClN3. The quantitative estimate of drug-likeness (QED) is 0.721. The Morgan fingerprint density at radius 1 is 1.33 bits per heavy atom. The number of rotatable bonds is 1. The first kappa shape index (κ1) is 12.4. The van der Waals surface area contributed by atoms with Crippen molar-refractivity contribution in [3.8, 4) is 0 Å². The van der Waals surface area contributed by atoms with Crippen LogP contribution in [-0.4, -0.2) is 14.6 Å². The molecule has 0 saturated heterocycles. The molecule has 3 rings (SSSR count). The van der Waals surface area contributed by atoms with Gasteiger partial charge in [-0.05, 0) is 41.6 Å². The van der Waals surface area contributed by atoms with Crippen LogP contribution in [0.15, 0.2) is 10.7 Å². The van der Waals surface area contributed by atoms with Gasteiger partial charge in [0.25, 0.3) is 0 Å². The molecular weight excluding hydrogens is 314 g/mol. The largest absolute Gasteiger partial charge is 0.232 e. The second-order valence-corrected chi connectivity index (χ2v) is 6.18. The highest BCUT2D eigenvalue weighted by Crippen LogP contribution is 2.38. The summed E-state index contributed by atoms with van der Waals surface area (Å²) < 4.78 is 2.63. The molecule has 1 fully saturated rings. The van der Waals surface area contributed by atoms with E-state index in [9.17, 15) is 0 Å².